The highest BCUT2D eigenvalue weighted by Gasteiger charge is 2.10. The first kappa shape index (κ1) is 19.2. The van der Waals surface area contributed by atoms with E-state index in [1.165, 1.54) is 13.2 Å². The number of benzene rings is 2. The number of carboxylic acids is 1. The van der Waals surface area contributed by atoms with E-state index < -0.39 is 5.97 Å². The molecule has 138 valence electrons. The van der Waals surface area contributed by atoms with E-state index in [1.807, 2.05) is 0 Å². The summed E-state index contributed by atoms with van der Waals surface area (Å²) in [5, 5.41) is 11.2. The molecular formula is C19H20FNO5. The van der Waals surface area contributed by atoms with Gasteiger partial charge in [-0.15, -0.1) is 0 Å². The van der Waals surface area contributed by atoms with Crippen LogP contribution in [0.1, 0.15) is 24.0 Å². The molecule has 0 aromatic heterocycles. The topological polar surface area (TPSA) is 84.9 Å². The summed E-state index contributed by atoms with van der Waals surface area (Å²) in [5.41, 5.74) is 1.17. The molecule has 0 heterocycles. The number of carbonyl (C=O) groups is 2. The lowest BCUT2D eigenvalue weighted by atomic mass is 10.2. The maximum atomic E-state index is 13.7. The first-order chi connectivity index (χ1) is 12.5. The standard InChI is InChI=1S/C19H20FNO5/c1-25-16-7-6-13(11-21-18(22)8-9-19(23)24)10-17(16)26-12-14-4-2-3-5-15(14)20/h2-7,10H,8-9,11-12H2,1H3,(H,21,22)(H,23,24). The molecule has 0 aliphatic heterocycles. The number of ether oxygens (including phenoxy) is 2. The molecule has 0 fully saturated rings. The van der Waals surface area contributed by atoms with E-state index in [4.69, 9.17) is 14.6 Å². The monoisotopic (exact) mass is 361 g/mol. The van der Waals surface area contributed by atoms with Crippen LogP contribution in [0.3, 0.4) is 0 Å². The van der Waals surface area contributed by atoms with Crippen LogP contribution < -0.4 is 14.8 Å². The molecule has 2 N–H and O–H groups in total. The summed E-state index contributed by atoms with van der Waals surface area (Å²) in [6.45, 7) is 0.260. The first-order valence-corrected chi connectivity index (χ1v) is 8.01. The Balaban J connectivity index is 2.00. The fourth-order valence-corrected chi connectivity index (χ4v) is 2.22. The van der Waals surface area contributed by atoms with Gasteiger partial charge in [0.05, 0.1) is 13.5 Å². The molecule has 0 aliphatic carbocycles. The largest absolute Gasteiger partial charge is 0.493 e. The summed E-state index contributed by atoms with van der Waals surface area (Å²) in [7, 11) is 1.50. The third-order valence-corrected chi connectivity index (χ3v) is 3.62. The maximum absolute atomic E-state index is 13.7. The smallest absolute Gasteiger partial charge is 0.303 e. The molecule has 2 aromatic rings. The summed E-state index contributed by atoms with van der Waals surface area (Å²) in [4.78, 5) is 22.1. The third kappa shape index (κ3) is 5.77. The fourth-order valence-electron chi connectivity index (χ4n) is 2.22. The summed E-state index contributed by atoms with van der Waals surface area (Å²) in [5.74, 6) is -0.811. The average Bonchev–Trinajstić information content (AvgIpc) is 2.64. The van der Waals surface area contributed by atoms with Gasteiger partial charge in [-0.2, -0.15) is 0 Å². The molecule has 0 bridgehead atoms. The summed E-state index contributed by atoms with van der Waals surface area (Å²) in [6, 6.07) is 11.5. The van der Waals surface area contributed by atoms with Gasteiger partial charge in [0.1, 0.15) is 12.4 Å². The van der Waals surface area contributed by atoms with Crippen molar-refractivity contribution in [2.45, 2.75) is 26.0 Å². The van der Waals surface area contributed by atoms with E-state index in [0.717, 1.165) is 5.56 Å². The van der Waals surface area contributed by atoms with E-state index in [1.54, 1.807) is 36.4 Å². The molecule has 1 amide bonds. The third-order valence-electron chi connectivity index (χ3n) is 3.62. The zero-order valence-electron chi connectivity index (χ0n) is 14.3. The Morgan fingerprint density at radius 3 is 2.58 bits per heavy atom. The highest BCUT2D eigenvalue weighted by molar-refractivity contribution is 5.80. The highest BCUT2D eigenvalue weighted by Crippen LogP contribution is 2.29. The van der Waals surface area contributed by atoms with Crippen LogP contribution in [-0.4, -0.2) is 24.1 Å². The average molecular weight is 361 g/mol. The highest BCUT2D eigenvalue weighted by atomic mass is 19.1. The number of nitrogens with one attached hydrogen (secondary N) is 1. The van der Waals surface area contributed by atoms with Crippen molar-refractivity contribution in [3.8, 4) is 11.5 Å². The number of amides is 1. The van der Waals surface area contributed by atoms with Crippen molar-refractivity contribution in [3.05, 3.63) is 59.4 Å². The number of rotatable bonds is 9. The van der Waals surface area contributed by atoms with E-state index in [9.17, 15) is 14.0 Å². The van der Waals surface area contributed by atoms with Gasteiger partial charge in [-0.3, -0.25) is 9.59 Å². The van der Waals surface area contributed by atoms with Gasteiger partial charge in [-0.25, -0.2) is 4.39 Å². The number of hydrogen-bond acceptors (Lipinski definition) is 4. The Kier molecular flexibility index (Phi) is 6.96. The van der Waals surface area contributed by atoms with Gasteiger partial charge >= 0.3 is 5.97 Å². The predicted molar refractivity (Wildman–Crippen MR) is 92.4 cm³/mol. The normalized spacial score (nSPS) is 10.2. The number of hydrogen-bond donors (Lipinski definition) is 2. The van der Waals surface area contributed by atoms with Crippen molar-refractivity contribution in [2.24, 2.45) is 0 Å². The van der Waals surface area contributed by atoms with Crippen LogP contribution in [0, 0.1) is 5.82 Å². The van der Waals surface area contributed by atoms with Crippen molar-refractivity contribution < 1.29 is 28.6 Å². The van der Waals surface area contributed by atoms with E-state index >= 15 is 0 Å². The Bertz CT molecular complexity index is 778. The fraction of sp³-hybridized carbons (Fsp3) is 0.263. The SMILES string of the molecule is COc1ccc(CNC(=O)CCC(=O)O)cc1OCc1ccccc1F. The van der Waals surface area contributed by atoms with Crippen LogP contribution in [0.15, 0.2) is 42.5 Å². The van der Waals surface area contributed by atoms with E-state index in [0.29, 0.717) is 17.1 Å². The van der Waals surface area contributed by atoms with Crippen molar-refractivity contribution in [2.75, 3.05) is 7.11 Å². The lowest BCUT2D eigenvalue weighted by molar-refractivity contribution is -0.138. The van der Waals surface area contributed by atoms with Crippen LogP contribution in [0.25, 0.3) is 0 Å². The van der Waals surface area contributed by atoms with Gasteiger partial charge in [-0.1, -0.05) is 24.3 Å². The van der Waals surface area contributed by atoms with Gasteiger partial charge in [-0.05, 0) is 23.8 Å². The Morgan fingerprint density at radius 1 is 1.12 bits per heavy atom. The minimum absolute atomic E-state index is 0.0391. The number of carboxylic acid groups (broad SMARTS) is 1. The van der Waals surface area contributed by atoms with E-state index in [-0.39, 0.29) is 37.7 Å². The molecule has 0 saturated carbocycles. The maximum Gasteiger partial charge on any atom is 0.303 e. The Morgan fingerprint density at radius 2 is 1.88 bits per heavy atom. The van der Waals surface area contributed by atoms with Crippen molar-refractivity contribution >= 4 is 11.9 Å². The molecule has 7 heteroatoms. The number of carbonyl (C=O) groups excluding carboxylic acids is 1. The molecular weight excluding hydrogens is 341 g/mol. The molecule has 0 aliphatic rings. The first-order valence-electron chi connectivity index (χ1n) is 8.01. The summed E-state index contributed by atoms with van der Waals surface area (Å²) in [6.07, 6.45) is -0.298. The minimum Gasteiger partial charge on any atom is -0.493 e. The quantitative estimate of drug-likeness (QED) is 0.717. The van der Waals surface area contributed by atoms with E-state index in [2.05, 4.69) is 5.32 Å². The molecule has 0 spiro atoms. The molecule has 0 saturated heterocycles. The summed E-state index contributed by atoms with van der Waals surface area (Å²) < 4.78 is 24.6. The lowest BCUT2D eigenvalue weighted by Crippen LogP contribution is -2.23. The second-order valence-electron chi connectivity index (χ2n) is 5.54. The molecule has 0 radical (unpaired) electrons. The van der Waals surface area contributed by atoms with Gasteiger partial charge in [0, 0.05) is 18.5 Å². The Labute approximate surface area is 150 Å². The van der Waals surface area contributed by atoms with Crippen molar-refractivity contribution in [1.29, 1.82) is 0 Å². The second-order valence-corrected chi connectivity index (χ2v) is 5.54. The van der Waals surface area contributed by atoms with Gasteiger partial charge in [0.2, 0.25) is 5.91 Å². The van der Waals surface area contributed by atoms with Crippen molar-refractivity contribution in [3.63, 3.8) is 0 Å². The molecule has 0 unspecified atom stereocenters. The molecule has 6 nitrogen and oxygen atoms in total. The van der Waals surface area contributed by atoms with Gasteiger partial charge in [0.15, 0.2) is 11.5 Å². The number of halogens is 1. The molecule has 0 atom stereocenters. The predicted octanol–water partition coefficient (Wildman–Crippen LogP) is 2.89. The second kappa shape index (κ2) is 9.41. The molecule has 2 aromatic carbocycles. The number of methoxy groups -OCH3 is 1. The number of aliphatic carboxylic acids is 1. The van der Waals surface area contributed by atoms with Crippen LogP contribution in [0.4, 0.5) is 4.39 Å². The zero-order chi connectivity index (χ0) is 18.9. The Hall–Kier alpha value is -3.09. The van der Waals surface area contributed by atoms with Gasteiger partial charge in [0.25, 0.3) is 0 Å². The lowest BCUT2D eigenvalue weighted by Gasteiger charge is -2.13. The van der Waals surface area contributed by atoms with Crippen LogP contribution in [0.5, 0.6) is 11.5 Å². The zero-order valence-corrected chi connectivity index (χ0v) is 14.3. The van der Waals surface area contributed by atoms with Crippen LogP contribution in [0.2, 0.25) is 0 Å². The summed E-state index contributed by atoms with van der Waals surface area (Å²) >= 11 is 0. The van der Waals surface area contributed by atoms with Crippen molar-refractivity contribution in [1.82, 2.24) is 5.32 Å². The van der Waals surface area contributed by atoms with Crippen LogP contribution >= 0.6 is 0 Å². The molecule has 26 heavy (non-hydrogen) atoms. The minimum atomic E-state index is -1.02. The van der Waals surface area contributed by atoms with Gasteiger partial charge < -0.3 is 19.9 Å². The molecule has 2 rings (SSSR count). The van der Waals surface area contributed by atoms with Crippen LogP contribution in [-0.2, 0) is 22.7 Å².